The molecule has 0 spiro atoms. The average Bonchev–Trinajstić information content (AvgIpc) is 3.29. The number of thiazole rings is 1. The second-order valence-electron chi connectivity index (χ2n) is 6.63. The molecule has 5 nitrogen and oxygen atoms in total. The molecule has 9 heteroatoms. The summed E-state index contributed by atoms with van der Waals surface area (Å²) in [6.45, 7) is 0.166. The summed E-state index contributed by atoms with van der Waals surface area (Å²) in [5.74, 6) is -1.99. The number of amides is 1. The number of hydrogen-bond acceptors (Lipinski definition) is 5. The summed E-state index contributed by atoms with van der Waals surface area (Å²) < 4.78 is 50.2. The molecule has 1 saturated carbocycles. The van der Waals surface area contributed by atoms with Crippen LogP contribution in [-0.2, 0) is 4.79 Å². The van der Waals surface area contributed by atoms with Gasteiger partial charge in [-0.2, -0.15) is 13.2 Å². The molecule has 1 N–H and O–H groups in total. The number of nitrogens with zero attached hydrogens (tertiary/aromatic N) is 1. The van der Waals surface area contributed by atoms with Crippen molar-refractivity contribution >= 4 is 22.4 Å². The molecule has 0 saturated heterocycles. The van der Waals surface area contributed by atoms with Crippen molar-refractivity contribution in [3.05, 3.63) is 23.6 Å². The van der Waals surface area contributed by atoms with E-state index in [1.807, 2.05) is 6.07 Å². The molecule has 1 aliphatic heterocycles. The molecule has 1 amide bonds. The van der Waals surface area contributed by atoms with E-state index in [0.717, 1.165) is 5.56 Å². The fourth-order valence-electron chi connectivity index (χ4n) is 3.55. The van der Waals surface area contributed by atoms with Gasteiger partial charge in [0, 0.05) is 16.9 Å². The number of hydrogen-bond donors (Lipinski definition) is 1. The quantitative estimate of drug-likeness (QED) is 0.803. The first kappa shape index (κ1) is 18.1. The Morgan fingerprint density at radius 2 is 1.96 bits per heavy atom. The zero-order valence-electron chi connectivity index (χ0n) is 14.2. The lowest BCUT2D eigenvalue weighted by atomic mass is 9.78. The second-order valence-corrected chi connectivity index (χ2v) is 7.49. The summed E-state index contributed by atoms with van der Waals surface area (Å²) >= 11 is 1.18. The van der Waals surface area contributed by atoms with Crippen molar-refractivity contribution in [3.8, 4) is 22.8 Å². The maximum Gasteiger partial charge on any atom is 0.392 e. The van der Waals surface area contributed by atoms with E-state index >= 15 is 0 Å². The molecule has 144 valence electrons. The van der Waals surface area contributed by atoms with Gasteiger partial charge in [0.1, 0.15) is 0 Å². The van der Waals surface area contributed by atoms with Crippen molar-refractivity contribution in [2.75, 3.05) is 12.1 Å². The van der Waals surface area contributed by atoms with Crippen LogP contribution in [0.15, 0.2) is 23.6 Å². The van der Waals surface area contributed by atoms with E-state index in [1.165, 1.54) is 11.3 Å². The van der Waals surface area contributed by atoms with Crippen molar-refractivity contribution in [3.63, 3.8) is 0 Å². The zero-order chi connectivity index (χ0) is 19.0. The molecule has 4 rings (SSSR count). The molecular formula is C18H17F3N2O3S. The van der Waals surface area contributed by atoms with Gasteiger partial charge in [0.25, 0.3) is 0 Å². The summed E-state index contributed by atoms with van der Waals surface area (Å²) in [5.41, 5.74) is 1.39. The molecule has 2 atom stereocenters. The number of rotatable bonds is 3. The lowest BCUT2D eigenvalue weighted by Gasteiger charge is -2.31. The number of carbonyl (C=O) groups is 1. The van der Waals surface area contributed by atoms with Crippen LogP contribution in [0.2, 0.25) is 0 Å². The Balaban J connectivity index is 1.48. The predicted molar refractivity (Wildman–Crippen MR) is 93.8 cm³/mol. The van der Waals surface area contributed by atoms with Gasteiger partial charge in [0.15, 0.2) is 16.6 Å². The molecule has 0 bridgehead atoms. The molecule has 1 fully saturated rings. The molecule has 2 aromatic rings. The Bertz CT molecular complexity index is 853. The number of alkyl halides is 3. The van der Waals surface area contributed by atoms with Gasteiger partial charge in [-0.05, 0) is 31.0 Å². The van der Waals surface area contributed by atoms with Gasteiger partial charge >= 0.3 is 6.18 Å². The normalized spacial score (nSPS) is 21.9. The highest BCUT2D eigenvalue weighted by Gasteiger charge is 2.48. The Morgan fingerprint density at radius 3 is 2.78 bits per heavy atom. The van der Waals surface area contributed by atoms with Crippen LogP contribution in [0.3, 0.4) is 0 Å². The van der Waals surface area contributed by atoms with E-state index in [0.29, 0.717) is 35.2 Å². The summed E-state index contributed by atoms with van der Waals surface area (Å²) in [6, 6.07) is 5.37. The molecule has 1 aromatic heterocycles. The number of ether oxygens (including phenoxy) is 2. The standard InChI is InChI=1S/C18H17F3N2O3S/c19-18(20,21)12-4-2-1-3-11(12)16(24)23-17-22-13(8-27-17)10-5-6-14-15(7-10)26-9-25-14/h5-8,11-12H,1-4,9H2,(H,22,23,24)/t11-,12+/m0/s1. The van der Waals surface area contributed by atoms with E-state index in [4.69, 9.17) is 9.47 Å². The minimum absolute atomic E-state index is 0.00189. The highest BCUT2D eigenvalue weighted by molar-refractivity contribution is 7.14. The smallest absolute Gasteiger partial charge is 0.392 e. The van der Waals surface area contributed by atoms with Gasteiger partial charge in [-0.25, -0.2) is 4.98 Å². The van der Waals surface area contributed by atoms with Gasteiger partial charge in [-0.15, -0.1) is 11.3 Å². The summed E-state index contributed by atoms with van der Waals surface area (Å²) in [7, 11) is 0. The van der Waals surface area contributed by atoms with E-state index in [9.17, 15) is 18.0 Å². The number of fused-ring (bicyclic) bond motifs is 1. The number of benzene rings is 1. The van der Waals surface area contributed by atoms with Gasteiger partial charge in [0.05, 0.1) is 11.6 Å². The van der Waals surface area contributed by atoms with E-state index < -0.39 is 23.9 Å². The Kier molecular flexibility index (Phi) is 4.71. The molecule has 0 unspecified atom stereocenters. The van der Waals surface area contributed by atoms with Gasteiger partial charge in [-0.1, -0.05) is 12.8 Å². The number of aromatic nitrogens is 1. The summed E-state index contributed by atoms with van der Waals surface area (Å²) in [5, 5.41) is 4.60. The van der Waals surface area contributed by atoms with Crippen molar-refractivity contribution in [2.24, 2.45) is 11.8 Å². The van der Waals surface area contributed by atoms with Crippen LogP contribution in [0, 0.1) is 11.8 Å². The molecule has 1 aliphatic carbocycles. The average molecular weight is 398 g/mol. The summed E-state index contributed by atoms with van der Waals surface area (Å²) in [6.07, 6.45) is -2.98. The van der Waals surface area contributed by atoms with Crippen LogP contribution >= 0.6 is 11.3 Å². The first-order valence-electron chi connectivity index (χ1n) is 8.65. The highest BCUT2D eigenvalue weighted by atomic mass is 32.1. The number of carbonyl (C=O) groups excluding carboxylic acids is 1. The van der Waals surface area contributed by atoms with Gasteiger partial charge in [0.2, 0.25) is 12.7 Å². The van der Waals surface area contributed by atoms with Crippen molar-refractivity contribution in [2.45, 2.75) is 31.9 Å². The van der Waals surface area contributed by atoms with Crippen molar-refractivity contribution in [1.29, 1.82) is 0 Å². The van der Waals surface area contributed by atoms with Crippen LogP contribution in [0.25, 0.3) is 11.3 Å². The molecule has 2 heterocycles. The number of anilines is 1. The third-order valence-corrected chi connectivity index (χ3v) is 5.68. The van der Waals surface area contributed by atoms with E-state index in [-0.39, 0.29) is 19.6 Å². The first-order valence-corrected chi connectivity index (χ1v) is 9.53. The maximum absolute atomic E-state index is 13.2. The monoisotopic (exact) mass is 398 g/mol. The van der Waals surface area contributed by atoms with Crippen molar-refractivity contribution < 1.29 is 27.4 Å². The number of halogens is 3. The van der Waals surface area contributed by atoms with Crippen LogP contribution in [0.1, 0.15) is 25.7 Å². The fourth-order valence-corrected chi connectivity index (χ4v) is 4.28. The largest absolute Gasteiger partial charge is 0.454 e. The molecule has 1 aromatic carbocycles. The molecule has 2 aliphatic rings. The number of nitrogens with one attached hydrogen (secondary N) is 1. The maximum atomic E-state index is 13.2. The highest BCUT2D eigenvalue weighted by Crippen LogP contribution is 2.42. The molecule has 0 radical (unpaired) electrons. The lowest BCUT2D eigenvalue weighted by Crippen LogP contribution is -2.39. The van der Waals surface area contributed by atoms with Crippen LogP contribution in [0.5, 0.6) is 11.5 Å². The van der Waals surface area contributed by atoms with Crippen molar-refractivity contribution in [1.82, 2.24) is 4.98 Å². The third kappa shape index (κ3) is 3.73. The lowest BCUT2D eigenvalue weighted by molar-refractivity contribution is -0.197. The second kappa shape index (κ2) is 7.03. The predicted octanol–water partition coefficient (Wildman–Crippen LogP) is 4.85. The molecule has 27 heavy (non-hydrogen) atoms. The third-order valence-electron chi connectivity index (χ3n) is 4.93. The first-order chi connectivity index (χ1) is 12.9. The zero-order valence-corrected chi connectivity index (χ0v) is 15.0. The minimum Gasteiger partial charge on any atom is -0.454 e. The van der Waals surface area contributed by atoms with Crippen LogP contribution in [0.4, 0.5) is 18.3 Å². The Morgan fingerprint density at radius 1 is 1.19 bits per heavy atom. The van der Waals surface area contributed by atoms with Crippen LogP contribution < -0.4 is 14.8 Å². The Labute approximate surface area is 157 Å². The van der Waals surface area contributed by atoms with Gasteiger partial charge in [-0.3, -0.25) is 4.79 Å². The fraction of sp³-hybridized carbons (Fsp3) is 0.444. The molecular weight excluding hydrogens is 381 g/mol. The van der Waals surface area contributed by atoms with E-state index in [1.54, 1.807) is 17.5 Å². The minimum atomic E-state index is -4.36. The van der Waals surface area contributed by atoms with E-state index in [2.05, 4.69) is 10.3 Å². The SMILES string of the molecule is O=C(Nc1nc(-c2ccc3c(c2)OCO3)cs1)[C@H]1CCCC[C@H]1C(F)(F)F. The van der Waals surface area contributed by atoms with Crippen LogP contribution in [-0.4, -0.2) is 23.9 Å². The topological polar surface area (TPSA) is 60.5 Å². The Hall–Kier alpha value is -2.29. The summed E-state index contributed by atoms with van der Waals surface area (Å²) in [4.78, 5) is 16.8. The van der Waals surface area contributed by atoms with Gasteiger partial charge < -0.3 is 14.8 Å².